The fourth-order valence-electron chi connectivity index (χ4n) is 1.50. The van der Waals surface area contributed by atoms with E-state index >= 15 is 0 Å². The van der Waals surface area contributed by atoms with Gasteiger partial charge < -0.3 is 14.7 Å². The standard InChI is InChI=1S/C8H14FNO3/c1-10-3-6(9)2-7(4-10)13-5-8(11)12/h6-7H,2-5H2,1H3,(H,11,12). The van der Waals surface area contributed by atoms with E-state index < -0.39 is 12.1 Å². The summed E-state index contributed by atoms with van der Waals surface area (Å²) in [4.78, 5) is 12.0. The van der Waals surface area contributed by atoms with Crippen molar-refractivity contribution in [2.24, 2.45) is 0 Å². The van der Waals surface area contributed by atoms with Crippen LogP contribution in [0.5, 0.6) is 0 Å². The van der Waals surface area contributed by atoms with Crippen molar-refractivity contribution in [2.45, 2.75) is 18.7 Å². The molecule has 0 aliphatic carbocycles. The maximum Gasteiger partial charge on any atom is 0.329 e. The molecule has 1 fully saturated rings. The second-order valence-electron chi connectivity index (χ2n) is 3.38. The largest absolute Gasteiger partial charge is 0.480 e. The van der Waals surface area contributed by atoms with E-state index in [1.54, 1.807) is 11.9 Å². The van der Waals surface area contributed by atoms with E-state index in [0.717, 1.165) is 0 Å². The molecule has 2 atom stereocenters. The molecule has 0 bridgehead atoms. The highest BCUT2D eigenvalue weighted by Crippen LogP contribution is 2.14. The Morgan fingerprint density at radius 1 is 1.69 bits per heavy atom. The summed E-state index contributed by atoms with van der Waals surface area (Å²) in [5, 5.41) is 8.34. The van der Waals surface area contributed by atoms with Crippen molar-refractivity contribution < 1.29 is 19.0 Å². The fraction of sp³-hybridized carbons (Fsp3) is 0.875. The molecule has 13 heavy (non-hydrogen) atoms. The zero-order valence-corrected chi connectivity index (χ0v) is 7.57. The number of carbonyl (C=O) groups is 1. The van der Waals surface area contributed by atoms with Gasteiger partial charge in [0.25, 0.3) is 0 Å². The van der Waals surface area contributed by atoms with Gasteiger partial charge in [-0.15, -0.1) is 0 Å². The van der Waals surface area contributed by atoms with Crippen molar-refractivity contribution in [1.82, 2.24) is 4.90 Å². The van der Waals surface area contributed by atoms with E-state index in [2.05, 4.69) is 0 Å². The van der Waals surface area contributed by atoms with Crippen LogP contribution >= 0.6 is 0 Å². The Kier molecular flexibility index (Phi) is 3.62. The van der Waals surface area contributed by atoms with Crippen LogP contribution in [0.1, 0.15) is 6.42 Å². The number of rotatable bonds is 3. The van der Waals surface area contributed by atoms with Gasteiger partial charge in [0.1, 0.15) is 12.8 Å². The molecule has 0 amide bonds. The SMILES string of the molecule is CN1CC(F)CC(OCC(=O)O)C1. The Morgan fingerprint density at radius 2 is 2.38 bits per heavy atom. The smallest absolute Gasteiger partial charge is 0.329 e. The minimum atomic E-state index is -1.01. The molecule has 1 N–H and O–H groups in total. The molecular formula is C8H14FNO3. The summed E-state index contributed by atoms with van der Waals surface area (Å²) >= 11 is 0. The van der Waals surface area contributed by atoms with E-state index in [0.29, 0.717) is 19.5 Å². The number of piperidine rings is 1. The van der Waals surface area contributed by atoms with Crippen LogP contribution in [0, 0.1) is 0 Å². The molecule has 0 saturated carbocycles. The zero-order valence-electron chi connectivity index (χ0n) is 7.57. The third-order valence-corrected chi connectivity index (χ3v) is 1.99. The van der Waals surface area contributed by atoms with Gasteiger partial charge in [0.05, 0.1) is 6.10 Å². The molecule has 5 heteroatoms. The quantitative estimate of drug-likeness (QED) is 0.689. The van der Waals surface area contributed by atoms with Gasteiger partial charge in [-0.05, 0) is 7.05 Å². The first kappa shape index (κ1) is 10.4. The Hall–Kier alpha value is -0.680. The van der Waals surface area contributed by atoms with Gasteiger partial charge in [-0.25, -0.2) is 9.18 Å². The summed E-state index contributed by atoms with van der Waals surface area (Å²) in [6, 6.07) is 0. The number of halogens is 1. The van der Waals surface area contributed by atoms with Crippen molar-refractivity contribution >= 4 is 5.97 Å². The Morgan fingerprint density at radius 3 is 2.92 bits per heavy atom. The highest BCUT2D eigenvalue weighted by atomic mass is 19.1. The predicted octanol–water partition coefficient (Wildman–Crippen LogP) is 0.130. The van der Waals surface area contributed by atoms with Crippen LogP contribution in [0.3, 0.4) is 0 Å². The third kappa shape index (κ3) is 3.69. The summed E-state index contributed by atoms with van der Waals surface area (Å²) in [6.07, 6.45) is -0.889. The lowest BCUT2D eigenvalue weighted by atomic mass is 10.1. The molecule has 1 aliphatic rings. The molecular weight excluding hydrogens is 177 g/mol. The van der Waals surface area contributed by atoms with Crippen molar-refractivity contribution in [2.75, 3.05) is 26.7 Å². The number of likely N-dealkylation sites (tertiary alicyclic amines) is 1. The van der Waals surface area contributed by atoms with Gasteiger partial charge in [-0.1, -0.05) is 0 Å². The van der Waals surface area contributed by atoms with Crippen LogP contribution in [0.15, 0.2) is 0 Å². The number of alkyl halides is 1. The first-order valence-corrected chi connectivity index (χ1v) is 4.24. The topological polar surface area (TPSA) is 49.8 Å². The van der Waals surface area contributed by atoms with Crippen LogP contribution in [0.25, 0.3) is 0 Å². The molecule has 0 spiro atoms. The highest BCUT2D eigenvalue weighted by molar-refractivity contribution is 5.68. The second kappa shape index (κ2) is 4.53. The van der Waals surface area contributed by atoms with Crippen LogP contribution in [0.4, 0.5) is 4.39 Å². The molecule has 76 valence electrons. The first-order valence-electron chi connectivity index (χ1n) is 4.24. The monoisotopic (exact) mass is 191 g/mol. The van der Waals surface area contributed by atoms with Crippen LogP contribution < -0.4 is 0 Å². The Balaban J connectivity index is 2.28. The molecule has 0 radical (unpaired) electrons. The summed E-state index contributed by atoms with van der Waals surface area (Å²) < 4.78 is 17.9. The summed E-state index contributed by atoms with van der Waals surface area (Å²) in [7, 11) is 1.79. The molecule has 1 rings (SSSR count). The third-order valence-electron chi connectivity index (χ3n) is 1.99. The maximum absolute atomic E-state index is 12.9. The molecule has 0 aromatic heterocycles. The number of hydrogen-bond acceptors (Lipinski definition) is 3. The lowest BCUT2D eigenvalue weighted by Crippen LogP contribution is -2.43. The van der Waals surface area contributed by atoms with E-state index in [4.69, 9.17) is 9.84 Å². The van der Waals surface area contributed by atoms with Crippen LogP contribution in [-0.4, -0.2) is 55.0 Å². The minimum absolute atomic E-state index is 0.287. The van der Waals surface area contributed by atoms with Crippen molar-refractivity contribution in [3.05, 3.63) is 0 Å². The number of carboxylic acid groups (broad SMARTS) is 1. The summed E-state index contributed by atoms with van der Waals surface area (Å²) in [5.41, 5.74) is 0. The predicted molar refractivity (Wildman–Crippen MR) is 44.4 cm³/mol. The summed E-state index contributed by atoms with van der Waals surface area (Å²) in [6.45, 7) is 0.672. The number of hydrogen-bond donors (Lipinski definition) is 1. The van der Waals surface area contributed by atoms with Gasteiger partial charge in [-0.2, -0.15) is 0 Å². The average molecular weight is 191 g/mol. The van der Waals surface area contributed by atoms with Crippen molar-refractivity contribution in [3.8, 4) is 0 Å². The van der Waals surface area contributed by atoms with Crippen molar-refractivity contribution in [3.63, 3.8) is 0 Å². The lowest BCUT2D eigenvalue weighted by Gasteiger charge is -2.31. The molecule has 4 nitrogen and oxygen atoms in total. The molecule has 0 aromatic rings. The highest BCUT2D eigenvalue weighted by Gasteiger charge is 2.25. The zero-order chi connectivity index (χ0) is 9.84. The fourth-order valence-corrected chi connectivity index (χ4v) is 1.50. The molecule has 0 aromatic carbocycles. The minimum Gasteiger partial charge on any atom is -0.480 e. The van der Waals surface area contributed by atoms with E-state index in [1.165, 1.54) is 0 Å². The average Bonchev–Trinajstić information content (AvgIpc) is 1.99. The molecule has 1 aliphatic heterocycles. The first-order chi connectivity index (χ1) is 6.08. The van der Waals surface area contributed by atoms with E-state index in [-0.39, 0.29) is 12.7 Å². The van der Waals surface area contributed by atoms with Crippen LogP contribution in [-0.2, 0) is 9.53 Å². The Bertz CT molecular complexity index is 178. The van der Waals surface area contributed by atoms with Gasteiger partial charge >= 0.3 is 5.97 Å². The van der Waals surface area contributed by atoms with Crippen LogP contribution in [0.2, 0.25) is 0 Å². The number of carboxylic acids is 1. The van der Waals surface area contributed by atoms with Gasteiger partial charge in [-0.3, -0.25) is 0 Å². The summed E-state index contributed by atoms with van der Waals surface area (Å²) in [5.74, 6) is -1.01. The molecule has 1 saturated heterocycles. The number of nitrogens with zero attached hydrogens (tertiary/aromatic N) is 1. The number of aliphatic carboxylic acids is 1. The maximum atomic E-state index is 12.9. The Labute approximate surface area is 76.3 Å². The van der Waals surface area contributed by atoms with Gasteiger partial charge in [0.15, 0.2) is 0 Å². The van der Waals surface area contributed by atoms with Gasteiger partial charge in [0, 0.05) is 19.5 Å². The molecule has 1 heterocycles. The normalized spacial score (nSPS) is 30.3. The lowest BCUT2D eigenvalue weighted by molar-refractivity contribution is -0.146. The molecule has 2 unspecified atom stereocenters. The second-order valence-corrected chi connectivity index (χ2v) is 3.38. The van der Waals surface area contributed by atoms with Crippen molar-refractivity contribution in [1.29, 1.82) is 0 Å². The van der Waals surface area contributed by atoms with E-state index in [9.17, 15) is 9.18 Å². The number of ether oxygens (including phenoxy) is 1. The number of likely N-dealkylation sites (N-methyl/N-ethyl adjacent to an activating group) is 1. The van der Waals surface area contributed by atoms with Gasteiger partial charge in [0.2, 0.25) is 0 Å². The van der Waals surface area contributed by atoms with E-state index in [1.807, 2.05) is 0 Å².